The fourth-order valence-electron chi connectivity index (χ4n) is 2.63. The SMILES string of the molecule is C(=NNc1nc(-c2ccccc2)cs1)c1ccc2c(c1)CCN2. The van der Waals surface area contributed by atoms with Gasteiger partial charge in [-0.1, -0.05) is 36.4 Å². The van der Waals surface area contributed by atoms with Gasteiger partial charge in [0.1, 0.15) is 0 Å². The Morgan fingerprint density at radius 2 is 2.09 bits per heavy atom. The Kier molecular flexibility index (Phi) is 3.78. The van der Waals surface area contributed by atoms with Crippen LogP contribution in [0.1, 0.15) is 11.1 Å². The van der Waals surface area contributed by atoms with Gasteiger partial charge in [0.25, 0.3) is 0 Å². The average Bonchev–Trinajstić information content (AvgIpc) is 3.24. The zero-order valence-electron chi connectivity index (χ0n) is 12.5. The molecule has 0 fully saturated rings. The van der Waals surface area contributed by atoms with Gasteiger partial charge in [0.15, 0.2) is 0 Å². The number of hydrogen-bond donors (Lipinski definition) is 2. The lowest BCUT2D eigenvalue weighted by Crippen LogP contribution is -1.91. The summed E-state index contributed by atoms with van der Waals surface area (Å²) >= 11 is 1.55. The lowest BCUT2D eigenvalue weighted by atomic mass is 10.1. The second-order valence-corrected chi connectivity index (χ2v) is 6.23. The van der Waals surface area contributed by atoms with Gasteiger partial charge in [-0.2, -0.15) is 5.10 Å². The first-order chi connectivity index (χ1) is 11.4. The zero-order valence-corrected chi connectivity index (χ0v) is 13.3. The smallest absolute Gasteiger partial charge is 0.203 e. The van der Waals surface area contributed by atoms with Gasteiger partial charge in [0.05, 0.1) is 11.9 Å². The summed E-state index contributed by atoms with van der Waals surface area (Å²) in [6, 6.07) is 16.5. The van der Waals surface area contributed by atoms with Crippen LogP contribution < -0.4 is 10.7 Å². The first-order valence-electron chi connectivity index (χ1n) is 7.55. The summed E-state index contributed by atoms with van der Waals surface area (Å²) < 4.78 is 0. The van der Waals surface area contributed by atoms with Crippen LogP contribution >= 0.6 is 11.3 Å². The van der Waals surface area contributed by atoms with Gasteiger partial charge in [-0.25, -0.2) is 4.98 Å². The maximum Gasteiger partial charge on any atom is 0.203 e. The van der Waals surface area contributed by atoms with Crippen molar-refractivity contribution in [3.8, 4) is 11.3 Å². The molecule has 2 aromatic carbocycles. The standard InChI is InChI=1S/C18H16N4S/c1-2-4-14(5-3-1)17-12-23-18(21-17)22-20-11-13-6-7-16-15(10-13)8-9-19-16/h1-7,10-12,19H,8-9H2,(H,21,22). The fourth-order valence-corrected chi connectivity index (χ4v) is 3.30. The Morgan fingerprint density at radius 3 is 3.00 bits per heavy atom. The zero-order chi connectivity index (χ0) is 15.5. The molecular formula is C18H16N4S. The van der Waals surface area contributed by atoms with E-state index in [0.717, 1.165) is 34.9 Å². The molecule has 5 heteroatoms. The number of hydrogen-bond acceptors (Lipinski definition) is 5. The number of nitrogens with zero attached hydrogens (tertiary/aromatic N) is 2. The van der Waals surface area contributed by atoms with Crippen molar-refractivity contribution in [2.75, 3.05) is 17.3 Å². The third-order valence-electron chi connectivity index (χ3n) is 3.79. The highest BCUT2D eigenvalue weighted by atomic mass is 32.1. The van der Waals surface area contributed by atoms with E-state index in [0.29, 0.717) is 0 Å². The van der Waals surface area contributed by atoms with Crippen molar-refractivity contribution in [3.63, 3.8) is 0 Å². The minimum absolute atomic E-state index is 0.794. The Hall–Kier alpha value is -2.66. The molecule has 0 radical (unpaired) electrons. The van der Waals surface area contributed by atoms with E-state index in [-0.39, 0.29) is 0 Å². The van der Waals surface area contributed by atoms with E-state index in [9.17, 15) is 0 Å². The largest absolute Gasteiger partial charge is 0.384 e. The van der Waals surface area contributed by atoms with Gasteiger partial charge in [-0.3, -0.25) is 5.43 Å². The highest BCUT2D eigenvalue weighted by Gasteiger charge is 2.09. The van der Waals surface area contributed by atoms with E-state index < -0.39 is 0 Å². The molecule has 1 aliphatic rings. The molecule has 114 valence electrons. The summed E-state index contributed by atoms with van der Waals surface area (Å²) in [6.45, 7) is 1.02. The second kappa shape index (κ2) is 6.22. The minimum atomic E-state index is 0.794. The van der Waals surface area contributed by atoms with Gasteiger partial charge in [0, 0.05) is 23.2 Å². The number of thiazole rings is 1. The van der Waals surface area contributed by atoms with Gasteiger partial charge in [-0.05, 0) is 29.7 Å². The molecule has 3 aromatic rings. The van der Waals surface area contributed by atoms with Gasteiger partial charge in [0.2, 0.25) is 5.13 Å². The van der Waals surface area contributed by atoms with E-state index in [1.807, 2.05) is 29.8 Å². The molecule has 23 heavy (non-hydrogen) atoms. The number of hydrazone groups is 1. The van der Waals surface area contributed by atoms with E-state index in [4.69, 9.17) is 0 Å². The number of nitrogens with one attached hydrogen (secondary N) is 2. The summed E-state index contributed by atoms with van der Waals surface area (Å²) in [6.07, 6.45) is 2.92. The number of rotatable bonds is 4. The molecule has 4 rings (SSSR count). The molecule has 2 heterocycles. The molecule has 0 amide bonds. The second-order valence-electron chi connectivity index (χ2n) is 5.37. The molecule has 0 saturated heterocycles. The fraction of sp³-hybridized carbons (Fsp3) is 0.111. The summed E-state index contributed by atoms with van der Waals surface area (Å²) in [4.78, 5) is 4.55. The third kappa shape index (κ3) is 3.10. The lowest BCUT2D eigenvalue weighted by Gasteiger charge is -2.00. The summed E-state index contributed by atoms with van der Waals surface area (Å²) in [5.74, 6) is 0. The summed E-state index contributed by atoms with van der Waals surface area (Å²) in [5, 5.41) is 10.5. The molecule has 1 aromatic heterocycles. The van der Waals surface area contributed by atoms with Crippen LogP contribution in [0.4, 0.5) is 10.8 Å². The van der Waals surface area contributed by atoms with Crippen molar-refractivity contribution in [2.24, 2.45) is 5.10 Å². The first-order valence-corrected chi connectivity index (χ1v) is 8.43. The van der Waals surface area contributed by atoms with E-state index in [2.05, 4.69) is 51.2 Å². The van der Waals surface area contributed by atoms with Crippen LogP contribution in [0, 0.1) is 0 Å². The van der Waals surface area contributed by atoms with Crippen LogP contribution in [-0.4, -0.2) is 17.7 Å². The van der Waals surface area contributed by atoms with Crippen LogP contribution in [0.15, 0.2) is 59.0 Å². The van der Waals surface area contributed by atoms with Crippen LogP contribution in [0.25, 0.3) is 11.3 Å². The number of fused-ring (bicyclic) bond motifs is 1. The number of anilines is 2. The molecule has 1 aliphatic heterocycles. The van der Waals surface area contributed by atoms with Crippen molar-refractivity contribution in [3.05, 3.63) is 65.0 Å². The van der Waals surface area contributed by atoms with Crippen molar-refractivity contribution >= 4 is 28.4 Å². The lowest BCUT2D eigenvalue weighted by molar-refractivity contribution is 1.11. The van der Waals surface area contributed by atoms with Crippen molar-refractivity contribution in [1.82, 2.24) is 4.98 Å². The first kappa shape index (κ1) is 14.0. The Labute approximate surface area is 138 Å². The van der Waals surface area contributed by atoms with Gasteiger partial charge >= 0.3 is 0 Å². The van der Waals surface area contributed by atoms with Gasteiger partial charge < -0.3 is 5.32 Å². The number of aromatic nitrogens is 1. The van der Waals surface area contributed by atoms with Crippen molar-refractivity contribution in [2.45, 2.75) is 6.42 Å². The molecule has 0 bridgehead atoms. The molecule has 0 saturated carbocycles. The van der Waals surface area contributed by atoms with Gasteiger partial charge in [-0.15, -0.1) is 11.3 Å². The minimum Gasteiger partial charge on any atom is -0.384 e. The molecular weight excluding hydrogens is 304 g/mol. The van der Waals surface area contributed by atoms with E-state index >= 15 is 0 Å². The molecule has 0 atom stereocenters. The Bertz CT molecular complexity index is 839. The monoisotopic (exact) mass is 320 g/mol. The third-order valence-corrected chi connectivity index (χ3v) is 4.53. The molecule has 2 N–H and O–H groups in total. The molecule has 4 nitrogen and oxygen atoms in total. The predicted molar refractivity (Wildman–Crippen MR) is 97.4 cm³/mol. The average molecular weight is 320 g/mol. The predicted octanol–water partition coefficient (Wildman–Crippen LogP) is 4.22. The Morgan fingerprint density at radius 1 is 1.17 bits per heavy atom. The topological polar surface area (TPSA) is 49.3 Å². The molecule has 0 unspecified atom stereocenters. The maximum absolute atomic E-state index is 4.55. The summed E-state index contributed by atoms with van der Waals surface area (Å²) in [5.41, 5.74) is 8.79. The number of benzene rings is 2. The van der Waals surface area contributed by atoms with Crippen LogP contribution in [-0.2, 0) is 6.42 Å². The molecule has 0 spiro atoms. The highest BCUT2D eigenvalue weighted by molar-refractivity contribution is 7.14. The van der Waals surface area contributed by atoms with Crippen LogP contribution in [0.3, 0.4) is 0 Å². The molecule has 0 aliphatic carbocycles. The highest BCUT2D eigenvalue weighted by Crippen LogP contribution is 2.25. The Balaban J connectivity index is 1.44. The van der Waals surface area contributed by atoms with Crippen molar-refractivity contribution in [1.29, 1.82) is 0 Å². The van der Waals surface area contributed by atoms with Crippen molar-refractivity contribution < 1.29 is 0 Å². The van der Waals surface area contributed by atoms with E-state index in [1.165, 1.54) is 11.3 Å². The van der Waals surface area contributed by atoms with Crippen LogP contribution in [0.2, 0.25) is 0 Å². The van der Waals surface area contributed by atoms with E-state index in [1.54, 1.807) is 11.3 Å². The summed E-state index contributed by atoms with van der Waals surface area (Å²) in [7, 11) is 0. The maximum atomic E-state index is 4.55. The van der Waals surface area contributed by atoms with Crippen LogP contribution in [0.5, 0.6) is 0 Å². The quantitative estimate of drug-likeness (QED) is 0.559. The normalized spacial score (nSPS) is 13.0.